The van der Waals surface area contributed by atoms with Gasteiger partial charge in [-0.05, 0) is 38.5 Å². The molecule has 0 bridgehead atoms. The van der Waals surface area contributed by atoms with Crippen molar-refractivity contribution in [2.75, 3.05) is 19.8 Å². The molecular weight excluding hydrogens is 763 g/mol. The summed E-state index contributed by atoms with van der Waals surface area (Å²) < 4.78 is 34.2. The van der Waals surface area contributed by atoms with E-state index in [1.54, 1.807) is 0 Å². The molecule has 0 amide bonds. The van der Waals surface area contributed by atoms with Gasteiger partial charge in [0.15, 0.2) is 0 Å². The van der Waals surface area contributed by atoms with Gasteiger partial charge in [-0.15, -0.1) is 0 Å². The molecule has 0 saturated heterocycles. The van der Waals surface area contributed by atoms with E-state index in [-0.39, 0.29) is 13.0 Å². The maximum absolute atomic E-state index is 12.8. The molecule has 6 atom stereocenters. The minimum Gasteiger partial charge on any atom is -0.457 e. The van der Waals surface area contributed by atoms with Crippen molar-refractivity contribution in [1.29, 1.82) is 0 Å². The van der Waals surface area contributed by atoms with Crippen molar-refractivity contribution in [3.8, 4) is 0 Å². The van der Waals surface area contributed by atoms with Gasteiger partial charge in [-0.1, -0.05) is 174 Å². The maximum atomic E-state index is 12.8. The lowest BCUT2D eigenvalue weighted by atomic mass is 9.85. The van der Waals surface area contributed by atoms with E-state index in [0.717, 1.165) is 57.8 Å². The quantitative estimate of drug-likeness (QED) is 0.0148. The number of ether oxygens (including phenoxy) is 2. The van der Waals surface area contributed by atoms with Gasteiger partial charge in [-0.2, -0.15) is 0 Å². The van der Waals surface area contributed by atoms with Gasteiger partial charge >= 0.3 is 13.8 Å². The number of aliphatic hydroxyl groups is 5. The Balaban J connectivity index is 2.39. The van der Waals surface area contributed by atoms with E-state index in [1.165, 1.54) is 122 Å². The number of aliphatic hydroxyl groups excluding tert-OH is 5. The number of phosphoric ester groups is 1. The number of rotatable bonds is 40. The standard InChI is InChI=1S/C45H87O12P/c1-3-5-7-9-11-13-15-17-19-21-23-25-27-29-31-33-35-54-36-38(37-55-58(52,53)57-45-43(50)41(48)40(47)42(49)44(45)51)56-39(46)34-32-30-28-26-24-22-20-18-16-14-12-10-8-6-4-2/h18,20,38,40-45,47-51H,3-17,19,21-37H2,1-2H3,(H,52,53)/b20-18-. The maximum Gasteiger partial charge on any atom is 0.472 e. The van der Waals surface area contributed by atoms with Crippen LogP contribution in [0.3, 0.4) is 0 Å². The van der Waals surface area contributed by atoms with Crippen LogP contribution in [-0.2, 0) is 27.9 Å². The molecule has 1 fully saturated rings. The monoisotopic (exact) mass is 851 g/mol. The molecule has 6 unspecified atom stereocenters. The Morgan fingerprint density at radius 1 is 0.534 bits per heavy atom. The van der Waals surface area contributed by atoms with E-state index < -0.39 is 63.1 Å². The van der Waals surface area contributed by atoms with E-state index >= 15 is 0 Å². The zero-order valence-electron chi connectivity index (χ0n) is 36.6. The van der Waals surface area contributed by atoms with Crippen molar-refractivity contribution in [2.24, 2.45) is 0 Å². The van der Waals surface area contributed by atoms with E-state index in [2.05, 4.69) is 26.0 Å². The highest BCUT2D eigenvalue weighted by atomic mass is 31.2. The lowest BCUT2D eigenvalue weighted by molar-refractivity contribution is -0.220. The van der Waals surface area contributed by atoms with Crippen LogP contribution in [-0.4, -0.2) is 98.9 Å². The molecule has 1 aliphatic rings. The van der Waals surface area contributed by atoms with Crippen molar-refractivity contribution in [2.45, 2.75) is 249 Å². The van der Waals surface area contributed by atoms with E-state index in [4.69, 9.17) is 18.5 Å². The third kappa shape index (κ3) is 28.6. The van der Waals surface area contributed by atoms with Gasteiger partial charge in [-0.3, -0.25) is 13.8 Å². The highest BCUT2D eigenvalue weighted by Gasteiger charge is 2.51. The molecule has 1 aliphatic carbocycles. The van der Waals surface area contributed by atoms with Gasteiger partial charge < -0.3 is 39.9 Å². The first-order chi connectivity index (χ1) is 28.0. The Kier molecular flexibility index (Phi) is 34.9. The fourth-order valence-corrected chi connectivity index (χ4v) is 8.32. The summed E-state index contributed by atoms with van der Waals surface area (Å²) in [5.41, 5.74) is 0. The molecule has 0 radical (unpaired) electrons. The van der Waals surface area contributed by atoms with Crippen LogP contribution in [0.5, 0.6) is 0 Å². The molecule has 12 nitrogen and oxygen atoms in total. The summed E-state index contributed by atoms with van der Waals surface area (Å²) in [5, 5.41) is 50.2. The van der Waals surface area contributed by atoms with Crippen molar-refractivity contribution < 1.29 is 58.3 Å². The van der Waals surface area contributed by atoms with Crippen LogP contribution >= 0.6 is 7.82 Å². The molecule has 1 rings (SSSR count). The average Bonchev–Trinajstić information content (AvgIpc) is 3.21. The van der Waals surface area contributed by atoms with Crippen LogP contribution in [0, 0.1) is 0 Å². The summed E-state index contributed by atoms with van der Waals surface area (Å²) in [6.07, 6.45) is 27.0. The summed E-state index contributed by atoms with van der Waals surface area (Å²) in [5.74, 6) is -0.482. The molecule has 0 heterocycles. The van der Waals surface area contributed by atoms with Crippen molar-refractivity contribution in [3.05, 3.63) is 12.2 Å². The molecule has 344 valence electrons. The summed E-state index contributed by atoms with van der Waals surface area (Å²) in [7, 11) is -5.01. The molecule has 0 aromatic carbocycles. The number of hydrogen-bond acceptors (Lipinski definition) is 11. The summed E-state index contributed by atoms with van der Waals surface area (Å²) in [6, 6.07) is 0. The Morgan fingerprint density at radius 3 is 1.36 bits per heavy atom. The first kappa shape index (κ1) is 55.1. The number of hydrogen-bond donors (Lipinski definition) is 6. The molecule has 6 N–H and O–H groups in total. The minimum atomic E-state index is -5.01. The number of phosphoric acid groups is 1. The van der Waals surface area contributed by atoms with Crippen molar-refractivity contribution in [3.63, 3.8) is 0 Å². The van der Waals surface area contributed by atoms with Crippen LogP contribution < -0.4 is 0 Å². The molecule has 0 aliphatic heterocycles. The first-order valence-corrected chi connectivity index (χ1v) is 25.0. The highest BCUT2D eigenvalue weighted by Crippen LogP contribution is 2.47. The fourth-order valence-electron chi connectivity index (χ4n) is 7.35. The zero-order valence-corrected chi connectivity index (χ0v) is 37.5. The largest absolute Gasteiger partial charge is 0.472 e. The summed E-state index contributed by atoms with van der Waals surface area (Å²) in [6.45, 7) is 4.27. The topological polar surface area (TPSA) is 192 Å². The lowest BCUT2D eigenvalue weighted by Gasteiger charge is -2.41. The second-order valence-electron chi connectivity index (χ2n) is 16.6. The molecule has 0 spiro atoms. The third-order valence-corrected chi connectivity index (χ3v) is 12.1. The lowest BCUT2D eigenvalue weighted by Crippen LogP contribution is -2.64. The van der Waals surface area contributed by atoms with Crippen LogP contribution in [0.1, 0.15) is 206 Å². The average molecular weight is 851 g/mol. The summed E-state index contributed by atoms with van der Waals surface area (Å²) >= 11 is 0. The Bertz CT molecular complexity index is 1020. The SMILES string of the molecule is CCCCCCCC/C=C\CCCCCCCC(=O)OC(COCCCCCCCCCCCCCCCCCC)COP(=O)(O)OC1C(O)C(O)C(O)C(O)C1O. The van der Waals surface area contributed by atoms with Crippen molar-refractivity contribution >= 4 is 13.8 Å². The van der Waals surface area contributed by atoms with Gasteiger partial charge in [0.2, 0.25) is 0 Å². The van der Waals surface area contributed by atoms with Gasteiger partial charge in [0.1, 0.15) is 42.7 Å². The first-order valence-electron chi connectivity index (χ1n) is 23.5. The van der Waals surface area contributed by atoms with Gasteiger partial charge in [0.05, 0.1) is 13.2 Å². The predicted octanol–water partition coefficient (Wildman–Crippen LogP) is 9.53. The molecule has 58 heavy (non-hydrogen) atoms. The van der Waals surface area contributed by atoms with Gasteiger partial charge in [0, 0.05) is 13.0 Å². The van der Waals surface area contributed by atoms with Gasteiger partial charge in [-0.25, -0.2) is 4.57 Å². The van der Waals surface area contributed by atoms with E-state index in [0.29, 0.717) is 13.0 Å². The van der Waals surface area contributed by atoms with E-state index in [9.17, 15) is 39.8 Å². The molecule has 1 saturated carbocycles. The van der Waals surface area contributed by atoms with Crippen LogP contribution in [0.15, 0.2) is 12.2 Å². The van der Waals surface area contributed by atoms with Crippen LogP contribution in [0.4, 0.5) is 0 Å². The number of unbranched alkanes of at least 4 members (excludes halogenated alkanes) is 26. The molecule has 0 aromatic rings. The normalized spacial score (nSPS) is 22.7. The minimum absolute atomic E-state index is 0.0743. The number of esters is 1. The van der Waals surface area contributed by atoms with Crippen molar-refractivity contribution in [1.82, 2.24) is 0 Å². The zero-order chi connectivity index (χ0) is 42.7. The number of allylic oxidation sites excluding steroid dienone is 2. The number of carbonyl (C=O) groups excluding carboxylic acids is 1. The van der Waals surface area contributed by atoms with Gasteiger partial charge in [0.25, 0.3) is 0 Å². The predicted molar refractivity (Wildman–Crippen MR) is 230 cm³/mol. The number of carbonyl (C=O) groups is 1. The smallest absolute Gasteiger partial charge is 0.457 e. The second-order valence-corrected chi connectivity index (χ2v) is 18.0. The summed E-state index contributed by atoms with van der Waals surface area (Å²) in [4.78, 5) is 23.1. The highest BCUT2D eigenvalue weighted by molar-refractivity contribution is 7.47. The van der Waals surface area contributed by atoms with E-state index in [1.807, 2.05) is 0 Å². The Morgan fingerprint density at radius 2 is 0.914 bits per heavy atom. The third-order valence-electron chi connectivity index (χ3n) is 11.1. The second kappa shape index (κ2) is 36.7. The fraction of sp³-hybridized carbons (Fsp3) is 0.933. The Hall–Kier alpha value is -0.920. The van der Waals surface area contributed by atoms with Crippen LogP contribution in [0.25, 0.3) is 0 Å². The molecule has 0 aromatic heterocycles. The Labute approximate surface area is 352 Å². The molecule has 13 heteroatoms. The molecular formula is C45H87O12P. The van der Waals surface area contributed by atoms with Crippen LogP contribution in [0.2, 0.25) is 0 Å².